The van der Waals surface area contributed by atoms with Gasteiger partial charge in [-0.3, -0.25) is 9.79 Å². The van der Waals surface area contributed by atoms with Crippen LogP contribution in [0.3, 0.4) is 0 Å². The summed E-state index contributed by atoms with van der Waals surface area (Å²) in [5.41, 5.74) is 1.98. The first-order chi connectivity index (χ1) is 14.6. The summed E-state index contributed by atoms with van der Waals surface area (Å²) in [4.78, 5) is 21.0. The van der Waals surface area contributed by atoms with Crippen molar-refractivity contribution in [3.8, 4) is 11.5 Å². The Bertz CT molecular complexity index is 864. The van der Waals surface area contributed by atoms with E-state index in [-0.39, 0.29) is 12.5 Å². The molecular weight excluding hydrogens is 382 g/mol. The fourth-order valence-electron chi connectivity index (χ4n) is 3.35. The van der Waals surface area contributed by atoms with E-state index in [2.05, 4.69) is 32.7 Å². The molecule has 0 radical (unpaired) electrons. The van der Waals surface area contributed by atoms with E-state index in [1.165, 1.54) is 5.69 Å². The number of aliphatic imine (C=N–C) groups is 1. The van der Waals surface area contributed by atoms with Crippen LogP contribution in [0.4, 0.5) is 11.4 Å². The van der Waals surface area contributed by atoms with E-state index < -0.39 is 0 Å². The fraction of sp³-hybridized carbons (Fsp3) is 0.364. The van der Waals surface area contributed by atoms with Crippen LogP contribution in [0.25, 0.3) is 0 Å². The van der Waals surface area contributed by atoms with Crippen molar-refractivity contribution in [3.63, 3.8) is 0 Å². The van der Waals surface area contributed by atoms with E-state index in [0.717, 1.165) is 18.8 Å². The van der Waals surface area contributed by atoms with Crippen LogP contribution < -0.4 is 25.0 Å². The van der Waals surface area contributed by atoms with Crippen molar-refractivity contribution in [1.29, 1.82) is 0 Å². The number of rotatable bonds is 6. The van der Waals surface area contributed by atoms with Gasteiger partial charge < -0.3 is 29.9 Å². The van der Waals surface area contributed by atoms with Gasteiger partial charge in [0.2, 0.25) is 5.91 Å². The first-order valence-corrected chi connectivity index (χ1v) is 9.92. The Morgan fingerprint density at radius 2 is 1.70 bits per heavy atom. The third-order valence-corrected chi connectivity index (χ3v) is 5.03. The second kappa shape index (κ2) is 10.4. The predicted molar refractivity (Wildman–Crippen MR) is 120 cm³/mol. The average molecular weight is 412 g/mol. The summed E-state index contributed by atoms with van der Waals surface area (Å²) in [5.74, 6) is 1.83. The van der Waals surface area contributed by atoms with Crippen molar-refractivity contribution < 1.29 is 14.3 Å². The Morgan fingerprint density at radius 3 is 2.33 bits per heavy atom. The Morgan fingerprint density at radius 1 is 1.00 bits per heavy atom. The second-order valence-corrected chi connectivity index (χ2v) is 6.82. The normalized spacial score (nSPS) is 14.3. The molecule has 30 heavy (non-hydrogen) atoms. The lowest BCUT2D eigenvalue weighted by molar-refractivity contribution is -0.130. The molecule has 1 saturated heterocycles. The lowest BCUT2D eigenvalue weighted by atomic mass is 10.2. The van der Waals surface area contributed by atoms with Crippen molar-refractivity contribution in [2.75, 3.05) is 64.2 Å². The average Bonchev–Trinajstić information content (AvgIpc) is 2.82. The fourth-order valence-corrected chi connectivity index (χ4v) is 3.35. The maximum Gasteiger partial charge on any atom is 0.242 e. The van der Waals surface area contributed by atoms with Crippen molar-refractivity contribution in [2.45, 2.75) is 0 Å². The van der Waals surface area contributed by atoms with Gasteiger partial charge in [0.1, 0.15) is 0 Å². The predicted octanol–water partition coefficient (Wildman–Crippen LogP) is 2.04. The van der Waals surface area contributed by atoms with Gasteiger partial charge in [0.25, 0.3) is 0 Å². The standard InChI is InChI=1S/C22H29N5O3/c1-23-22(25-17-9-10-19(29-2)20(15-17)30-3)24-16-21(28)27-13-11-26(12-14-27)18-7-5-4-6-8-18/h4-10,15H,11-14,16H2,1-3H3,(H2,23,24,25). The SMILES string of the molecule is CN=C(NCC(=O)N1CCN(c2ccccc2)CC1)Nc1ccc(OC)c(OC)c1. The molecule has 160 valence electrons. The molecule has 8 heteroatoms. The highest BCUT2D eigenvalue weighted by atomic mass is 16.5. The van der Waals surface area contributed by atoms with Gasteiger partial charge in [0.15, 0.2) is 17.5 Å². The van der Waals surface area contributed by atoms with Crippen molar-refractivity contribution in [1.82, 2.24) is 10.2 Å². The van der Waals surface area contributed by atoms with E-state index in [9.17, 15) is 4.79 Å². The summed E-state index contributed by atoms with van der Waals surface area (Å²) in [6, 6.07) is 15.8. The first-order valence-electron chi connectivity index (χ1n) is 9.92. The monoisotopic (exact) mass is 411 g/mol. The summed E-state index contributed by atoms with van der Waals surface area (Å²) in [7, 11) is 4.85. The Labute approximate surface area is 177 Å². The minimum Gasteiger partial charge on any atom is -0.493 e. The molecule has 1 amide bonds. The zero-order valence-electron chi connectivity index (χ0n) is 17.7. The number of nitrogens with one attached hydrogen (secondary N) is 2. The van der Waals surface area contributed by atoms with Gasteiger partial charge in [-0.25, -0.2) is 0 Å². The number of nitrogens with zero attached hydrogens (tertiary/aromatic N) is 3. The van der Waals surface area contributed by atoms with Gasteiger partial charge in [-0.1, -0.05) is 18.2 Å². The molecule has 0 atom stereocenters. The minimum absolute atomic E-state index is 0.0537. The van der Waals surface area contributed by atoms with Gasteiger partial charge in [-0.15, -0.1) is 0 Å². The number of carbonyl (C=O) groups excluding carboxylic acids is 1. The highest BCUT2D eigenvalue weighted by molar-refractivity contribution is 5.96. The zero-order valence-corrected chi connectivity index (χ0v) is 17.7. The highest BCUT2D eigenvalue weighted by Crippen LogP contribution is 2.29. The topological polar surface area (TPSA) is 78.4 Å². The summed E-state index contributed by atoms with van der Waals surface area (Å²) < 4.78 is 10.6. The molecule has 0 unspecified atom stereocenters. The number of guanidine groups is 1. The van der Waals surface area contributed by atoms with Gasteiger partial charge in [0, 0.05) is 50.7 Å². The second-order valence-electron chi connectivity index (χ2n) is 6.82. The molecule has 2 aromatic carbocycles. The van der Waals surface area contributed by atoms with Gasteiger partial charge in [-0.2, -0.15) is 0 Å². The van der Waals surface area contributed by atoms with E-state index in [0.29, 0.717) is 30.5 Å². The molecule has 2 N–H and O–H groups in total. The Balaban J connectivity index is 1.49. The molecular formula is C22H29N5O3. The van der Waals surface area contributed by atoms with Crippen LogP contribution in [0.5, 0.6) is 11.5 Å². The van der Waals surface area contributed by atoms with Crippen molar-refractivity contribution in [3.05, 3.63) is 48.5 Å². The van der Waals surface area contributed by atoms with Gasteiger partial charge >= 0.3 is 0 Å². The van der Waals surface area contributed by atoms with Crippen LogP contribution in [-0.2, 0) is 4.79 Å². The quantitative estimate of drug-likeness (QED) is 0.560. The van der Waals surface area contributed by atoms with Crippen molar-refractivity contribution >= 4 is 23.2 Å². The number of methoxy groups -OCH3 is 2. The third kappa shape index (κ3) is 5.34. The molecule has 0 bridgehead atoms. The maximum absolute atomic E-state index is 12.6. The molecule has 3 rings (SSSR count). The number of hydrogen-bond acceptors (Lipinski definition) is 5. The third-order valence-electron chi connectivity index (χ3n) is 5.03. The number of anilines is 2. The zero-order chi connectivity index (χ0) is 21.3. The number of benzene rings is 2. The molecule has 0 aliphatic carbocycles. The molecule has 0 aromatic heterocycles. The van der Waals surface area contributed by atoms with Crippen LogP contribution in [0.15, 0.2) is 53.5 Å². The molecule has 1 heterocycles. The number of para-hydroxylation sites is 1. The lowest BCUT2D eigenvalue weighted by Gasteiger charge is -2.36. The Kier molecular flexibility index (Phi) is 7.37. The van der Waals surface area contributed by atoms with Gasteiger partial charge in [-0.05, 0) is 24.3 Å². The summed E-state index contributed by atoms with van der Waals surface area (Å²) in [6.07, 6.45) is 0. The number of piperazine rings is 1. The molecule has 1 fully saturated rings. The van der Waals surface area contributed by atoms with E-state index in [4.69, 9.17) is 9.47 Å². The van der Waals surface area contributed by atoms with E-state index >= 15 is 0 Å². The molecule has 1 aliphatic heterocycles. The van der Waals surface area contributed by atoms with Crippen LogP contribution >= 0.6 is 0 Å². The number of ether oxygens (including phenoxy) is 2. The Hall–Kier alpha value is -3.42. The largest absolute Gasteiger partial charge is 0.493 e. The van der Waals surface area contributed by atoms with E-state index in [1.807, 2.05) is 41.3 Å². The number of hydrogen-bond donors (Lipinski definition) is 2. The summed E-state index contributed by atoms with van der Waals surface area (Å²) in [5, 5.41) is 6.25. The molecule has 2 aromatic rings. The minimum atomic E-state index is 0.0537. The van der Waals surface area contributed by atoms with Crippen LogP contribution in [-0.4, -0.2) is 70.8 Å². The molecule has 8 nitrogen and oxygen atoms in total. The first kappa shape index (κ1) is 21.3. The van der Waals surface area contributed by atoms with Crippen LogP contribution in [0.2, 0.25) is 0 Å². The maximum atomic E-state index is 12.6. The number of carbonyl (C=O) groups is 1. The van der Waals surface area contributed by atoms with Gasteiger partial charge in [0.05, 0.1) is 20.8 Å². The van der Waals surface area contributed by atoms with Crippen molar-refractivity contribution in [2.24, 2.45) is 4.99 Å². The number of amides is 1. The summed E-state index contributed by atoms with van der Waals surface area (Å²) >= 11 is 0. The summed E-state index contributed by atoms with van der Waals surface area (Å²) in [6.45, 7) is 3.25. The van der Waals surface area contributed by atoms with E-state index in [1.54, 1.807) is 21.3 Å². The lowest BCUT2D eigenvalue weighted by Crippen LogP contribution is -2.51. The molecule has 0 spiro atoms. The van der Waals surface area contributed by atoms with Crippen LogP contribution in [0, 0.1) is 0 Å². The smallest absolute Gasteiger partial charge is 0.242 e. The highest BCUT2D eigenvalue weighted by Gasteiger charge is 2.21. The molecule has 1 aliphatic rings. The molecule has 0 saturated carbocycles. The van der Waals surface area contributed by atoms with Crippen LogP contribution in [0.1, 0.15) is 0 Å².